The number of ether oxygens (including phenoxy) is 6. The highest BCUT2D eigenvalue weighted by Crippen LogP contribution is 2.27. The highest BCUT2D eigenvalue weighted by Gasteiger charge is 2.47. The Bertz CT molecular complexity index is 1270. The minimum Gasteiger partial charge on any atom is -0.462 e. The van der Waals surface area contributed by atoms with E-state index < -0.39 is 92.7 Å². The Morgan fingerprint density at radius 3 is 1.27 bits per heavy atom. The lowest BCUT2D eigenvalue weighted by atomic mass is 9.98. The molecule has 15 nitrogen and oxygen atoms in total. The van der Waals surface area contributed by atoms with Gasteiger partial charge in [-0.2, -0.15) is 0 Å². The van der Waals surface area contributed by atoms with E-state index >= 15 is 0 Å². The van der Waals surface area contributed by atoms with Crippen LogP contribution in [0, 0.1) is 0 Å². The second-order valence-electron chi connectivity index (χ2n) is 20.1. The standard InChI is InChI=1S/C55H102O15/c1-3-5-7-9-11-13-15-17-19-20-21-22-24-25-27-29-31-33-35-37-46(57)65-40-43(68-47(58)38-36-34-32-30-28-26-23-18-16-14-12-10-8-6-4-2)41-66-54-53(64)51(62)49(60)45(70-54)42-67-55-52(63)50(61)48(59)44(39-56)69-55/h26,28,43-45,48-56,59-64H,3-25,27,29-42H2,1-2H3/b28-26+/t43-,44+,45+,48-,49-,50?,51?,52?,53?,54+,55+/m0/s1. The molecular weight excluding hydrogens is 901 g/mol. The van der Waals surface area contributed by atoms with Gasteiger partial charge < -0.3 is 64.2 Å². The van der Waals surface area contributed by atoms with Crippen molar-refractivity contribution >= 4 is 11.9 Å². The number of hydrogen-bond acceptors (Lipinski definition) is 15. The summed E-state index contributed by atoms with van der Waals surface area (Å²) >= 11 is 0. The Labute approximate surface area is 422 Å². The maximum absolute atomic E-state index is 13.0. The van der Waals surface area contributed by atoms with Crippen LogP contribution >= 0.6 is 0 Å². The molecule has 4 unspecified atom stereocenters. The zero-order valence-electron chi connectivity index (χ0n) is 43.8. The summed E-state index contributed by atoms with van der Waals surface area (Å²) in [5.41, 5.74) is 0. The molecule has 0 radical (unpaired) electrons. The molecule has 70 heavy (non-hydrogen) atoms. The molecule has 0 aromatic carbocycles. The molecular formula is C55H102O15. The average molecular weight is 1000 g/mol. The Morgan fingerprint density at radius 2 is 0.814 bits per heavy atom. The van der Waals surface area contributed by atoms with E-state index in [1.54, 1.807) is 0 Å². The highest BCUT2D eigenvalue weighted by molar-refractivity contribution is 5.70. The van der Waals surface area contributed by atoms with Crippen LogP contribution in [0.2, 0.25) is 0 Å². The molecule has 11 atom stereocenters. The number of allylic oxidation sites excluding steroid dienone is 2. The molecule has 2 heterocycles. The minimum absolute atomic E-state index is 0.149. The number of aliphatic hydroxyl groups is 7. The zero-order chi connectivity index (χ0) is 51.0. The van der Waals surface area contributed by atoms with Crippen molar-refractivity contribution in [3.8, 4) is 0 Å². The molecule has 2 aliphatic rings. The zero-order valence-corrected chi connectivity index (χ0v) is 43.8. The number of rotatable bonds is 45. The second kappa shape index (κ2) is 42.6. The molecule has 0 aromatic rings. The molecule has 2 saturated heterocycles. The SMILES string of the molecule is CCCCCCCCCC/C=C/CCCCCC(=O)O[C@@H](COC(=O)CCCCCCCCCCCCCCCCCCCCC)CO[C@@H]1O[C@H](CO[C@@H]2O[C@H](CO)[C@H](O)C(O)C2O)[C@H](O)C(O)C1O. The van der Waals surface area contributed by atoms with Gasteiger partial charge in [0.1, 0.15) is 55.4 Å². The largest absolute Gasteiger partial charge is 0.462 e. The highest BCUT2D eigenvalue weighted by atomic mass is 16.7. The summed E-state index contributed by atoms with van der Waals surface area (Å²) in [6.45, 7) is 2.62. The lowest BCUT2D eigenvalue weighted by Gasteiger charge is -2.42. The molecule has 0 spiro atoms. The van der Waals surface area contributed by atoms with Crippen molar-refractivity contribution < 1.29 is 73.8 Å². The quantitative estimate of drug-likeness (QED) is 0.0172. The van der Waals surface area contributed by atoms with Crippen LogP contribution in [0.3, 0.4) is 0 Å². The smallest absolute Gasteiger partial charge is 0.306 e. The molecule has 412 valence electrons. The second-order valence-corrected chi connectivity index (χ2v) is 20.1. The van der Waals surface area contributed by atoms with Gasteiger partial charge in [-0.1, -0.05) is 193 Å². The van der Waals surface area contributed by atoms with Crippen LogP contribution in [0.25, 0.3) is 0 Å². The Hall–Kier alpha value is -1.76. The van der Waals surface area contributed by atoms with Crippen molar-refractivity contribution in [1.29, 1.82) is 0 Å². The summed E-state index contributed by atoms with van der Waals surface area (Å²) in [4.78, 5) is 25.8. The van der Waals surface area contributed by atoms with Crippen LogP contribution in [0.1, 0.15) is 232 Å². The van der Waals surface area contributed by atoms with Gasteiger partial charge in [-0.3, -0.25) is 9.59 Å². The first-order chi connectivity index (χ1) is 34.0. The Kier molecular flexibility index (Phi) is 39.1. The van der Waals surface area contributed by atoms with E-state index in [9.17, 15) is 45.3 Å². The molecule has 2 rings (SSSR count). The molecule has 0 aromatic heterocycles. The van der Waals surface area contributed by atoms with Crippen molar-refractivity contribution in [2.75, 3.05) is 26.4 Å². The van der Waals surface area contributed by atoms with Gasteiger partial charge in [0.25, 0.3) is 0 Å². The van der Waals surface area contributed by atoms with Crippen LogP contribution in [0.5, 0.6) is 0 Å². The van der Waals surface area contributed by atoms with Gasteiger partial charge in [-0.25, -0.2) is 0 Å². The third kappa shape index (κ3) is 29.8. The Morgan fingerprint density at radius 1 is 0.443 bits per heavy atom. The van der Waals surface area contributed by atoms with Crippen LogP contribution < -0.4 is 0 Å². The molecule has 2 aliphatic heterocycles. The summed E-state index contributed by atoms with van der Waals surface area (Å²) in [5.74, 6) is -0.929. The van der Waals surface area contributed by atoms with E-state index in [4.69, 9.17) is 28.4 Å². The maximum atomic E-state index is 13.0. The van der Waals surface area contributed by atoms with Gasteiger partial charge >= 0.3 is 11.9 Å². The van der Waals surface area contributed by atoms with E-state index in [0.29, 0.717) is 12.8 Å². The fourth-order valence-electron chi connectivity index (χ4n) is 9.10. The summed E-state index contributed by atoms with van der Waals surface area (Å²) < 4.78 is 33.6. The van der Waals surface area contributed by atoms with Gasteiger partial charge in [0.05, 0.1) is 19.8 Å². The van der Waals surface area contributed by atoms with Crippen molar-refractivity contribution in [2.24, 2.45) is 0 Å². The fraction of sp³-hybridized carbons (Fsp3) is 0.927. The number of carbonyl (C=O) groups is 2. The van der Waals surface area contributed by atoms with Gasteiger partial charge in [0.15, 0.2) is 18.7 Å². The summed E-state index contributed by atoms with van der Waals surface area (Å²) in [7, 11) is 0. The number of aliphatic hydroxyl groups excluding tert-OH is 7. The first-order valence-corrected chi connectivity index (χ1v) is 28.3. The van der Waals surface area contributed by atoms with Gasteiger partial charge in [-0.05, 0) is 38.5 Å². The van der Waals surface area contributed by atoms with Crippen molar-refractivity contribution in [3.63, 3.8) is 0 Å². The topological polar surface area (TPSA) is 231 Å². The fourth-order valence-corrected chi connectivity index (χ4v) is 9.10. The first kappa shape index (κ1) is 64.4. The van der Waals surface area contributed by atoms with Gasteiger partial charge in [0.2, 0.25) is 0 Å². The van der Waals surface area contributed by atoms with Crippen LogP contribution in [0.15, 0.2) is 12.2 Å². The number of carbonyl (C=O) groups excluding carboxylic acids is 2. The molecule has 0 amide bonds. The van der Waals surface area contributed by atoms with Crippen LogP contribution in [-0.2, 0) is 38.0 Å². The predicted molar refractivity (Wildman–Crippen MR) is 271 cm³/mol. The molecule has 0 bridgehead atoms. The average Bonchev–Trinajstić information content (AvgIpc) is 3.35. The predicted octanol–water partition coefficient (Wildman–Crippen LogP) is 8.94. The van der Waals surface area contributed by atoms with E-state index in [1.165, 1.54) is 148 Å². The van der Waals surface area contributed by atoms with Crippen molar-refractivity contribution in [2.45, 2.75) is 300 Å². The van der Waals surface area contributed by atoms with E-state index in [-0.39, 0.29) is 26.1 Å². The number of hydrogen-bond donors (Lipinski definition) is 7. The Balaban J connectivity index is 1.76. The molecule has 0 saturated carbocycles. The van der Waals surface area contributed by atoms with Crippen LogP contribution in [-0.4, -0.2) is 142 Å². The molecule has 15 heteroatoms. The van der Waals surface area contributed by atoms with E-state index in [0.717, 1.165) is 44.9 Å². The van der Waals surface area contributed by atoms with Crippen molar-refractivity contribution in [3.05, 3.63) is 12.2 Å². The van der Waals surface area contributed by atoms with E-state index in [1.807, 2.05) is 0 Å². The monoisotopic (exact) mass is 1000 g/mol. The summed E-state index contributed by atoms with van der Waals surface area (Å²) in [6, 6.07) is 0. The summed E-state index contributed by atoms with van der Waals surface area (Å²) in [5, 5.41) is 72.2. The van der Waals surface area contributed by atoms with Crippen molar-refractivity contribution in [1.82, 2.24) is 0 Å². The lowest BCUT2D eigenvalue weighted by molar-refractivity contribution is -0.332. The summed E-state index contributed by atoms with van der Waals surface area (Å²) in [6.07, 6.45) is 26.7. The maximum Gasteiger partial charge on any atom is 0.306 e. The van der Waals surface area contributed by atoms with Crippen LogP contribution in [0.4, 0.5) is 0 Å². The minimum atomic E-state index is -1.76. The lowest BCUT2D eigenvalue weighted by Crippen LogP contribution is -2.61. The third-order valence-corrected chi connectivity index (χ3v) is 13.7. The van der Waals surface area contributed by atoms with Gasteiger partial charge in [0, 0.05) is 12.8 Å². The molecule has 2 fully saturated rings. The third-order valence-electron chi connectivity index (χ3n) is 13.7. The van der Waals surface area contributed by atoms with E-state index in [2.05, 4.69) is 26.0 Å². The first-order valence-electron chi connectivity index (χ1n) is 28.3. The number of esters is 2. The molecule has 7 N–H and O–H groups in total. The normalized spacial score (nSPS) is 25.4. The number of unbranched alkanes of at least 4 members (excludes halogenated alkanes) is 29. The van der Waals surface area contributed by atoms with Gasteiger partial charge in [-0.15, -0.1) is 0 Å². The molecule has 0 aliphatic carbocycles.